The number of hydrogen-bond donors (Lipinski definition) is 4. The van der Waals surface area contributed by atoms with Crippen molar-refractivity contribution in [2.45, 2.75) is 134 Å². The van der Waals surface area contributed by atoms with Crippen molar-refractivity contribution in [3.05, 3.63) is 148 Å². The van der Waals surface area contributed by atoms with Crippen molar-refractivity contribution in [3.8, 4) is 45.9 Å². The van der Waals surface area contributed by atoms with E-state index in [1.165, 1.54) is 25.1 Å². The number of carboxylic acids is 3. The Bertz CT molecular complexity index is 5200. The highest BCUT2D eigenvalue weighted by Gasteiger charge is 2.21. The molecular formula is C62H66N18O37S8. The molecule has 0 aliphatic heterocycles. The minimum absolute atomic E-state index is 0.0171. The Balaban J connectivity index is 0.00000151. The van der Waals surface area contributed by atoms with E-state index in [1.54, 1.807) is 96.7 Å². The molecule has 0 spiro atoms. The number of carboxylic acid groups (broad SMARTS) is 3. The number of ketones is 1. The van der Waals surface area contributed by atoms with Crippen LogP contribution in [0.2, 0.25) is 0 Å². The molecule has 11 aromatic rings. The number of amides is 2. The van der Waals surface area contributed by atoms with E-state index in [2.05, 4.69) is 86.9 Å². The average Bonchev–Trinajstić information content (AvgIpc) is 1.69. The van der Waals surface area contributed by atoms with E-state index >= 15 is 0 Å². The van der Waals surface area contributed by atoms with Crippen LogP contribution in [0.25, 0.3) is 22.9 Å². The molecule has 8 heterocycles. The second-order valence-electron chi connectivity index (χ2n) is 21.8. The van der Waals surface area contributed by atoms with Gasteiger partial charge in [-0.3, -0.25) is 24.0 Å². The molecule has 63 heteroatoms. The summed E-state index contributed by atoms with van der Waals surface area (Å²) in [7, 11) is 0. The van der Waals surface area contributed by atoms with Gasteiger partial charge in [-0.2, -0.15) is 67.3 Å². The van der Waals surface area contributed by atoms with Crippen molar-refractivity contribution in [2.75, 3.05) is 18.4 Å². The van der Waals surface area contributed by atoms with Crippen molar-refractivity contribution in [3.63, 3.8) is 0 Å². The van der Waals surface area contributed by atoms with Crippen molar-refractivity contribution in [1.82, 2.24) is 86.5 Å². The maximum Gasteiger partial charge on any atom is 0.335 e. The SMILES string of the molecule is CC(=O)c1cc(OCc2nnc(C)o2)cc(OCc2nnc(C)o2)c1.Cc1nnc(-c2cc(NC(=O)CCC(=O)O)cc(-c3nnc(C)o3)c2)o1.Cc1nnc(CCN(CCc2nnc(C)o2)C(=O)CCCC(=O)O)o1.Cc1nnc(COc2ccc(C(=O)O)cc2OCc2nnc(C)o2)o1.O=S=O.O=S=O.O=S=O.O=S=O.O=S=O.O=S=O.O=S=O.O=S=O. The molecule has 3 aromatic carbocycles. The smallest absolute Gasteiger partial charge is 0.335 e. The van der Waals surface area contributed by atoms with Gasteiger partial charge in [0.25, 0.3) is 23.6 Å². The van der Waals surface area contributed by atoms with Crippen molar-refractivity contribution >= 4 is 134 Å². The van der Waals surface area contributed by atoms with Crippen LogP contribution >= 0.6 is 0 Å². The maximum atomic E-state index is 12.4. The number of nitrogens with one attached hydrogen (secondary N) is 1. The molecule has 0 saturated carbocycles. The Kier molecular flexibility index (Phi) is 57.8. The van der Waals surface area contributed by atoms with E-state index in [9.17, 15) is 28.8 Å². The molecular weight excluding hydrogens is 1850 g/mol. The van der Waals surface area contributed by atoms with Crippen LogP contribution in [-0.2, 0) is 151 Å². The standard InChI is InChI=1S/C16H15N5O5.C16H16N4O5.C15H21N5O5.C15H14N4O6.8O2S/c1-8-18-20-15(25-8)10-5-11(16-21-19-9(2)26-16)7-12(6-10)17-13(22)3-4-14(23)24;1-9(21)12-4-13(22-7-15-19-17-10(2)24-15)6-14(5-12)23-8-16-20-18-11(3)25-16;1-10-16-18-12(24-10)6-8-20(14(21)4-3-5-15(22)23)9-7-13-19-17-11(2)25-13;1-8-16-18-13(24-8)6-22-11-4-3-10(15(20)21)5-12(11)23-7-14-19-17-9(2)25-14;8*1-3-2/h5-7H,3-4H2,1-2H3,(H,17,22)(H,23,24);4-6H,7-8H2,1-3H3;3-9H2,1-2H3,(H,22,23);3-5H,6-7H2,1-2H3,(H,20,21);;;;;;;;. The van der Waals surface area contributed by atoms with Crippen LogP contribution < -0.4 is 24.3 Å². The lowest BCUT2D eigenvalue weighted by molar-refractivity contribution is -0.138. The molecule has 0 atom stereocenters. The average molecular weight is 1910 g/mol. The van der Waals surface area contributed by atoms with Gasteiger partial charge >= 0.3 is 110 Å². The zero-order valence-corrected chi connectivity index (χ0v) is 72.0. The highest BCUT2D eigenvalue weighted by atomic mass is 32.1. The zero-order valence-electron chi connectivity index (χ0n) is 65.5. The molecule has 0 saturated heterocycles. The molecule has 0 bridgehead atoms. The number of benzene rings is 3. The lowest BCUT2D eigenvalue weighted by atomic mass is 10.1. The Morgan fingerprint density at radius 1 is 0.352 bits per heavy atom. The zero-order chi connectivity index (χ0) is 94.2. The fourth-order valence-corrected chi connectivity index (χ4v) is 8.43. The number of rotatable bonds is 30. The molecule has 0 fully saturated rings. The van der Waals surface area contributed by atoms with Crippen LogP contribution in [0.5, 0.6) is 23.0 Å². The lowest BCUT2D eigenvalue weighted by Gasteiger charge is -2.21. The summed E-state index contributed by atoms with van der Waals surface area (Å²) in [5.41, 5.74) is 2.02. The summed E-state index contributed by atoms with van der Waals surface area (Å²) in [5, 5.41) is 90.2. The van der Waals surface area contributed by atoms with Crippen LogP contribution in [0.1, 0.15) is 142 Å². The summed E-state index contributed by atoms with van der Waals surface area (Å²) in [6.07, 6.45) is 0.869. The monoisotopic (exact) mass is 1910 g/mol. The summed E-state index contributed by atoms with van der Waals surface area (Å²) < 4.78 is 197. The van der Waals surface area contributed by atoms with Crippen LogP contribution in [0.15, 0.2) is 89.9 Å². The Hall–Kier alpha value is -14.4. The summed E-state index contributed by atoms with van der Waals surface area (Å²) in [5.74, 6) is 3.83. The fraction of sp³-hybridized carbons (Fsp3) is 0.355. The third-order valence-corrected chi connectivity index (χ3v) is 13.0. The molecule has 0 unspecified atom stereocenters. The fourth-order valence-electron chi connectivity index (χ4n) is 8.43. The molecule has 0 aliphatic rings. The summed E-state index contributed by atoms with van der Waals surface area (Å²) in [6.45, 7) is 15.8. The molecule has 8 aromatic heterocycles. The summed E-state index contributed by atoms with van der Waals surface area (Å²) >= 11 is -6.00. The number of aliphatic carboxylic acids is 2. The van der Waals surface area contributed by atoms with E-state index in [-0.39, 0.29) is 92.8 Å². The number of carbonyl (C=O) groups is 6. The second kappa shape index (κ2) is 65.4. The lowest BCUT2D eigenvalue weighted by Crippen LogP contribution is -2.34. The molecule has 4 N–H and O–H groups in total. The summed E-state index contributed by atoms with van der Waals surface area (Å²) in [4.78, 5) is 70.0. The van der Waals surface area contributed by atoms with Crippen LogP contribution in [0.4, 0.5) is 5.69 Å². The minimum Gasteiger partial charge on any atom is -0.484 e. The van der Waals surface area contributed by atoms with Gasteiger partial charge in [0.2, 0.25) is 82.5 Å². The molecule has 0 radical (unpaired) electrons. The second-order valence-corrected chi connectivity index (χ2v) is 22.9. The summed E-state index contributed by atoms with van der Waals surface area (Å²) in [6, 6.07) is 14.1. The van der Waals surface area contributed by atoms with Gasteiger partial charge in [0.15, 0.2) is 43.7 Å². The van der Waals surface area contributed by atoms with Gasteiger partial charge in [0.05, 0.1) is 12.0 Å². The predicted molar refractivity (Wildman–Crippen MR) is 406 cm³/mol. The number of carbonyl (C=O) groups excluding carboxylic acids is 3. The first-order valence-corrected chi connectivity index (χ1v) is 38.4. The highest BCUT2D eigenvalue weighted by Crippen LogP contribution is 2.32. The number of aryl methyl sites for hydroxylation is 8. The number of nitrogens with zero attached hydrogens (tertiary/aromatic N) is 17. The molecule has 2 amide bonds. The number of aromatic nitrogens is 16. The van der Waals surface area contributed by atoms with E-state index in [0.29, 0.717) is 149 Å². The van der Waals surface area contributed by atoms with Crippen LogP contribution in [-0.4, -0.2) is 218 Å². The normalized spacial score (nSPS) is 9.42. The molecule has 11 rings (SSSR count). The minimum atomic E-state index is -1.09. The first-order valence-electron chi connectivity index (χ1n) is 33.1. The van der Waals surface area contributed by atoms with Crippen molar-refractivity contribution in [1.29, 1.82) is 0 Å². The van der Waals surface area contributed by atoms with Gasteiger partial charge in [0, 0.05) is 129 Å². The largest absolute Gasteiger partial charge is 0.484 e. The van der Waals surface area contributed by atoms with E-state index < -0.39 is 116 Å². The number of ether oxygens (including phenoxy) is 4. The Morgan fingerprint density at radius 3 is 0.976 bits per heavy atom. The molecule has 674 valence electrons. The van der Waals surface area contributed by atoms with Crippen molar-refractivity contribution in [2.24, 2.45) is 0 Å². The van der Waals surface area contributed by atoms with Gasteiger partial charge in [-0.15, -0.1) is 81.6 Å². The van der Waals surface area contributed by atoms with E-state index in [1.807, 2.05) is 0 Å². The first-order chi connectivity index (χ1) is 59.7. The van der Waals surface area contributed by atoms with E-state index in [4.69, 9.17) is 137 Å². The van der Waals surface area contributed by atoms with Gasteiger partial charge in [-0.25, -0.2) is 4.79 Å². The number of Topliss-reactive ketones (excluding diaryl/α,β-unsaturated/α-hetero) is 1. The molecule has 125 heavy (non-hydrogen) atoms. The number of aromatic carboxylic acids is 1. The quantitative estimate of drug-likeness (QED) is 0.0468. The van der Waals surface area contributed by atoms with Gasteiger partial charge < -0.3 is 79.8 Å². The Morgan fingerprint density at radius 2 is 0.672 bits per heavy atom. The third-order valence-electron chi connectivity index (χ3n) is 13.0. The number of hydrogen-bond acceptors (Lipinski definition) is 50. The maximum absolute atomic E-state index is 12.4. The predicted octanol–water partition coefficient (Wildman–Crippen LogP) is 2.14. The van der Waals surface area contributed by atoms with Gasteiger partial charge in [-0.1, -0.05) is 0 Å². The first kappa shape index (κ1) is 111. The number of anilines is 1. The third kappa shape index (κ3) is 49.8. The van der Waals surface area contributed by atoms with Gasteiger partial charge in [0.1, 0.15) is 11.5 Å². The molecule has 0 aliphatic carbocycles. The topological polar surface area (TPSA) is 800 Å². The van der Waals surface area contributed by atoms with E-state index in [0.717, 1.165) is 0 Å². The van der Waals surface area contributed by atoms with Gasteiger partial charge in [-0.05, 0) is 61.9 Å². The Labute approximate surface area is 728 Å². The molecule has 55 nitrogen and oxygen atoms in total. The van der Waals surface area contributed by atoms with Crippen molar-refractivity contribution < 1.29 is 166 Å². The van der Waals surface area contributed by atoms with Crippen LogP contribution in [0, 0.1) is 55.4 Å². The van der Waals surface area contributed by atoms with Crippen LogP contribution in [0.3, 0.4) is 0 Å². The highest BCUT2D eigenvalue weighted by molar-refractivity contribution is 7.52.